The second-order valence-electron chi connectivity index (χ2n) is 7.06. The number of rotatable bonds is 3. The van der Waals surface area contributed by atoms with E-state index in [1.807, 2.05) is 18.0 Å². The van der Waals surface area contributed by atoms with E-state index in [2.05, 4.69) is 0 Å². The van der Waals surface area contributed by atoms with Crippen LogP contribution in [-0.4, -0.2) is 17.9 Å². The van der Waals surface area contributed by atoms with Crippen molar-refractivity contribution in [3.8, 4) is 0 Å². The first-order valence-corrected chi connectivity index (χ1v) is 8.23. The molecule has 4 heteroatoms. The predicted molar refractivity (Wildman–Crippen MR) is 83.6 cm³/mol. The smallest absolute Gasteiger partial charge is 0.226 e. The molecule has 3 aliphatic rings. The highest BCUT2D eigenvalue weighted by atomic mass is 35.5. The van der Waals surface area contributed by atoms with Gasteiger partial charge in [0, 0.05) is 30.2 Å². The first-order chi connectivity index (χ1) is 10.1. The number of halogens is 1. The molecule has 2 N–H and O–H groups in total. The minimum Gasteiger partial charge on any atom is -0.399 e. The number of fused-ring (bicyclic) bond motifs is 5. The molecule has 1 amide bonds. The van der Waals surface area contributed by atoms with E-state index in [1.165, 1.54) is 19.3 Å². The molecule has 0 spiro atoms. The summed E-state index contributed by atoms with van der Waals surface area (Å²) in [6.07, 6.45) is 4.07. The molecule has 3 aliphatic carbocycles. The third-order valence-corrected chi connectivity index (χ3v) is 6.24. The zero-order valence-corrected chi connectivity index (χ0v) is 13.0. The first-order valence-electron chi connectivity index (χ1n) is 7.85. The van der Waals surface area contributed by atoms with Gasteiger partial charge in [-0.2, -0.15) is 0 Å². The van der Waals surface area contributed by atoms with E-state index in [0.717, 1.165) is 17.4 Å². The molecule has 0 aromatic heterocycles. The van der Waals surface area contributed by atoms with E-state index >= 15 is 0 Å². The van der Waals surface area contributed by atoms with Gasteiger partial charge in [-0.15, -0.1) is 0 Å². The van der Waals surface area contributed by atoms with Crippen molar-refractivity contribution < 1.29 is 4.79 Å². The lowest BCUT2D eigenvalue weighted by Crippen LogP contribution is -2.30. The Balaban J connectivity index is 1.45. The number of nitrogens with two attached hydrogens (primary N) is 1. The number of nitrogen functional groups attached to an aromatic ring is 1. The summed E-state index contributed by atoms with van der Waals surface area (Å²) >= 11 is 6.20. The molecule has 0 radical (unpaired) electrons. The molecular formula is C17H21ClN2O. The topological polar surface area (TPSA) is 46.3 Å². The maximum atomic E-state index is 12.7. The summed E-state index contributed by atoms with van der Waals surface area (Å²) in [6.45, 7) is 0.550. The number of amides is 1. The zero-order valence-electron chi connectivity index (χ0n) is 12.3. The van der Waals surface area contributed by atoms with Crippen LogP contribution < -0.4 is 5.73 Å². The molecule has 4 atom stereocenters. The molecule has 1 aromatic carbocycles. The molecular weight excluding hydrogens is 284 g/mol. The Kier molecular flexibility index (Phi) is 2.97. The van der Waals surface area contributed by atoms with E-state index < -0.39 is 0 Å². The van der Waals surface area contributed by atoms with Crippen LogP contribution in [0.5, 0.6) is 0 Å². The largest absolute Gasteiger partial charge is 0.399 e. The average molecular weight is 305 g/mol. The highest BCUT2D eigenvalue weighted by Crippen LogP contribution is 2.69. The highest BCUT2D eigenvalue weighted by molar-refractivity contribution is 6.31. The molecule has 2 bridgehead atoms. The predicted octanol–water partition coefficient (Wildman–Crippen LogP) is 3.17. The van der Waals surface area contributed by atoms with Crippen LogP contribution in [-0.2, 0) is 11.3 Å². The Bertz CT molecular complexity index is 586. The number of nitrogens with zero attached hydrogens (tertiary/aromatic N) is 1. The van der Waals surface area contributed by atoms with Crippen LogP contribution >= 0.6 is 11.6 Å². The van der Waals surface area contributed by atoms with Crippen molar-refractivity contribution in [1.82, 2.24) is 4.90 Å². The maximum absolute atomic E-state index is 12.7. The summed E-state index contributed by atoms with van der Waals surface area (Å²) in [5.74, 6) is 3.64. The van der Waals surface area contributed by atoms with Crippen molar-refractivity contribution in [1.29, 1.82) is 0 Å². The second kappa shape index (κ2) is 4.64. The fourth-order valence-electron chi connectivity index (χ4n) is 4.96. The summed E-state index contributed by atoms with van der Waals surface area (Å²) < 4.78 is 0. The van der Waals surface area contributed by atoms with Gasteiger partial charge in [0.25, 0.3) is 0 Å². The summed E-state index contributed by atoms with van der Waals surface area (Å²) in [7, 11) is 1.89. The molecule has 4 unspecified atom stereocenters. The van der Waals surface area contributed by atoms with Gasteiger partial charge >= 0.3 is 0 Å². The molecule has 3 nitrogen and oxygen atoms in total. The van der Waals surface area contributed by atoms with Crippen LogP contribution in [0.2, 0.25) is 5.02 Å². The molecule has 0 saturated heterocycles. The Morgan fingerprint density at radius 1 is 1.33 bits per heavy atom. The Morgan fingerprint density at radius 3 is 2.67 bits per heavy atom. The lowest BCUT2D eigenvalue weighted by atomic mass is 10.0. The van der Waals surface area contributed by atoms with Crippen LogP contribution in [0.3, 0.4) is 0 Å². The van der Waals surface area contributed by atoms with Crippen molar-refractivity contribution in [2.45, 2.75) is 25.8 Å². The SMILES string of the molecule is CN(Cc1cc(N)ccc1Cl)C(=O)C1C2C3CCC(C3)C12. The van der Waals surface area contributed by atoms with Gasteiger partial charge in [-0.1, -0.05) is 11.6 Å². The lowest BCUT2D eigenvalue weighted by Gasteiger charge is -2.20. The van der Waals surface area contributed by atoms with E-state index in [1.54, 1.807) is 12.1 Å². The van der Waals surface area contributed by atoms with E-state index in [-0.39, 0.29) is 0 Å². The third kappa shape index (κ3) is 2.05. The maximum Gasteiger partial charge on any atom is 0.226 e. The molecule has 112 valence electrons. The van der Waals surface area contributed by atoms with Gasteiger partial charge in [0.05, 0.1) is 0 Å². The third-order valence-electron chi connectivity index (χ3n) is 5.87. The van der Waals surface area contributed by atoms with Gasteiger partial charge in [0.1, 0.15) is 0 Å². The second-order valence-corrected chi connectivity index (χ2v) is 7.47. The van der Waals surface area contributed by atoms with Gasteiger partial charge in [-0.05, 0) is 66.7 Å². The highest BCUT2D eigenvalue weighted by Gasteiger charge is 2.67. The Morgan fingerprint density at radius 2 is 2.00 bits per heavy atom. The number of hydrogen-bond donors (Lipinski definition) is 1. The van der Waals surface area contributed by atoms with E-state index in [0.29, 0.717) is 40.9 Å². The Labute approximate surface area is 130 Å². The van der Waals surface area contributed by atoms with Gasteiger partial charge in [0.15, 0.2) is 0 Å². The number of benzene rings is 1. The zero-order chi connectivity index (χ0) is 14.7. The van der Waals surface area contributed by atoms with Crippen LogP contribution in [0, 0.1) is 29.6 Å². The van der Waals surface area contributed by atoms with Crippen molar-refractivity contribution in [3.05, 3.63) is 28.8 Å². The van der Waals surface area contributed by atoms with E-state index in [9.17, 15) is 4.79 Å². The van der Waals surface area contributed by atoms with Gasteiger partial charge < -0.3 is 10.6 Å². The lowest BCUT2D eigenvalue weighted by molar-refractivity contribution is -0.132. The molecule has 3 saturated carbocycles. The Hall–Kier alpha value is -1.22. The fraction of sp³-hybridized carbons (Fsp3) is 0.588. The number of anilines is 1. The average Bonchev–Trinajstić information content (AvgIpc) is 2.89. The summed E-state index contributed by atoms with van der Waals surface area (Å²) in [5.41, 5.74) is 7.43. The number of carbonyl (C=O) groups excluding carboxylic acids is 1. The quantitative estimate of drug-likeness (QED) is 0.872. The van der Waals surface area contributed by atoms with Gasteiger partial charge in [-0.3, -0.25) is 4.79 Å². The summed E-state index contributed by atoms with van der Waals surface area (Å²) in [5, 5.41) is 0.680. The minimum absolute atomic E-state index is 0.293. The van der Waals surface area contributed by atoms with E-state index in [4.69, 9.17) is 17.3 Å². The standard InChI is InChI=1S/C17H21ClN2O/c1-20(8-11-7-12(19)4-5-13(11)18)17(21)16-14-9-2-3-10(6-9)15(14)16/h4-5,7,9-10,14-16H,2-3,6,8,19H2,1H3. The van der Waals surface area contributed by atoms with Gasteiger partial charge in [-0.25, -0.2) is 0 Å². The molecule has 0 heterocycles. The van der Waals surface area contributed by atoms with Crippen LogP contribution in [0.25, 0.3) is 0 Å². The molecule has 21 heavy (non-hydrogen) atoms. The van der Waals surface area contributed by atoms with Crippen LogP contribution in [0.4, 0.5) is 5.69 Å². The van der Waals surface area contributed by atoms with Crippen molar-refractivity contribution in [2.75, 3.05) is 12.8 Å². The van der Waals surface area contributed by atoms with Gasteiger partial charge in [0.2, 0.25) is 5.91 Å². The molecule has 3 fully saturated rings. The summed E-state index contributed by atoms with van der Waals surface area (Å²) in [4.78, 5) is 14.5. The normalized spacial score (nSPS) is 35.6. The van der Waals surface area contributed by atoms with Crippen molar-refractivity contribution in [3.63, 3.8) is 0 Å². The summed E-state index contributed by atoms with van der Waals surface area (Å²) in [6, 6.07) is 5.46. The molecule has 1 aromatic rings. The number of carbonyl (C=O) groups is 1. The molecule has 0 aliphatic heterocycles. The first kappa shape index (κ1) is 13.4. The van der Waals surface area contributed by atoms with Crippen molar-refractivity contribution >= 4 is 23.2 Å². The molecule has 4 rings (SSSR count). The van der Waals surface area contributed by atoms with Crippen LogP contribution in [0.1, 0.15) is 24.8 Å². The fourth-order valence-corrected chi connectivity index (χ4v) is 5.14. The van der Waals surface area contributed by atoms with Crippen molar-refractivity contribution in [2.24, 2.45) is 29.6 Å². The monoisotopic (exact) mass is 304 g/mol. The number of hydrogen-bond acceptors (Lipinski definition) is 2. The minimum atomic E-state index is 0.293. The van der Waals surface area contributed by atoms with Crippen LogP contribution in [0.15, 0.2) is 18.2 Å².